The number of pyridine rings is 2. The van der Waals surface area contributed by atoms with Crippen LogP contribution in [0, 0.1) is 0 Å². The van der Waals surface area contributed by atoms with E-state index >= 15 is 0 Å². The molecule has 7 heterocycles. The Bertz CT molecular complexity index is 6790. The molecule has 2 aliphatic carbocycles. The molecule has 118 heavy (non-hydrogen) atoms. The summed E-state index contributed by atoms with van der Waals surface area (Å²) in [7, 11) is -0.443. The predicted molar refractivity (Wildman–Crippen MR) is 478 cm³/mol. The Kier molecular flexibility index (Phi) is 18.0. The van der Waals surface area contributed by atoms with Crippen LogP contribution in [0.15, 0.2) is 384 Å². The maximum atomic E-state index is 6.59. The second-order valence-electron chi connectivity index (χ2n) is 31.1. The van der Waals surface area contributed by atoms with Crippen LogP contribution < -0.4 is 5.46 Å². The third-order valence-electron chi connectivity index (χ3n) is 23.9. The van der Waals surface area contributed by atoms with E-state index in [9.17, 15) is 0 Å². The number of hydrogen-bond donors (Lipinski definition) is 0. The number of halogens is 1. The van der Waals surface area contributed by atoms with Gasteiger partial charge in [0.1, 0.15) is 0 Å². The summed E-state index contributed by atoms with van der Waals surface area (Å²) < 4.78 is 13.2. The van der Waals surface area contributed by atoms with Gasteiger partial charge in [-0.15, -0.1) is 0 Å². The normalized spacial score (nSPS) is 14.6. The molecule has 562 valence electrons. The van der Waals surface area contributed by atoms with E-state index in [0.29, 0.717) is 29.1 Å². The van der Waals surface area contributed by atoms with Gasteiger partial charge in [0.2, 0.25) is 5.28 Å². The van der Waals surface area contributed by atoms with Crippen LogP contribution >= 0.6 is 35.1 Å². The maximum absolute atomic E-state index is 6.59. The first kappa shape index (κ1) is 72.6. The van der Waals surface area contributed by atoms with Gasteiger partial charge in [-0.05, 0) is 177 Å². The lowest BCUT2D eigenvalue weighted by Crippen LogP contribution is -2.41. The first-order valence-corrected chi connectivity index (χ1v) is 41.6. The Hall–Kier alpha value is -13.1. The van der Waals surface area contributed by atoms with E-state index in [0.717, 1.165) is 71.8 Å². The van der Waals surface area contributed by atoms with Gasteiger partial charge < -0.3 is 9.31 Å². The van der Waals surface area contributed by atoms with Crippen LogP contribution in [-0.4, -0.2) is 58.2 Å². The average molecular weight is 1580 g/mol. The summed E-state index contributed by atoms with van der Waals surface area (Å²) in [6, 6.07) is 124. The minimum Gasteiger partial charge on any atom is -0.399 e. The minimum atomic E-state index is -0.579. The Labute approximate surface area is 698 Å². The lowest BCUT2D eigenvalue weighted by Gasteiger charge is -2.40. The molecule has 0 bridgehead atoms. The Morgan fingerprint density at radius 3 is 0.949 bits per heavy atom. The van der Waals surface area contributed by atoms with Crippen LogP contribution in [0.5, 0.6) is 0 Å². The van der Waals surface area contributed by atoms with E-state index < -0.39 is 29.2 Å². The molecule has 18 aromatic rings. The zero-order valence-electron chi connectivity index (χ0n) is 64.8. The number of hydrogen-bond acceptors (Lipinski definition) is 12. The summed E-state index contributed by atoms with van der Waals surface area (Å²) in [5, 5.41) is 2.48. The highest BCUT2D eigenvalue weighted by Crippen LogP contribution is 2.65. The molecule has 23 rings (SSSR count). The van der Waals surface area contributed by atoms with Crippen molar-refractivity contribution in [3.05, 3.63) is 414 Å². The molecule has 14 aromatic carbocycles. The molecule has 1 fully saturated rings. The molecule has 0 radical (unpaired) electrons. The van der Waals surface area contributed by atoms with Gasteiger partial charge in [-0.3, -0.25) is 9.97 Å². The van der Waals surface area contributed by atoms with E-state index in [4.69, 9.17) is 45.8 Å². The number of aromatic nitrogens is 8. The maximum Gasteiger partial charge on any atom is 0.494 e. The molecule has 3 aliphatic heterocycles. The van der Waals surface area contributed by atoms with Gasteiger partial charge in [-0.1, -0.05) is 321 Å². The molecule has 4 aromatic heterocycles. The predicted octanol–water partition coefficient (Wildman–Crippen LogP) is 24.8. The van der Waals surface area contributed by atoms with Crippen molar-refractivity contribution in [3.8, 4) is 101 Å². The van der Waals surface area contributed by atoms with Gasteiger partial charge in [0.15, 0.2) is 29.1 Å². The molecule has 0 amide bonds. The van der Waals surface area contributed by atoms with Crippen molar-refractivity contribution in [3.63, 3.8) is 0 Å². The molecule has 14 heteroatoms. The van der Waals surface area contributed by atoms with E-state index in [-0.39, 0.29) is 5.28 Å². The van der Waals surface area contributed by atoms with Gasteiger partial charge in [0.25, 0.3) is 0 Å². The lowest BCUT2D eigenvalue weighted by molar-refractivity contribution is 0.00578. The quantitative estimate of drug-likeness (QED) is 0.135. The zero-order chi connectivity index (χ0) is 79.3. The molecule has 0 saturated carbocycles. The summed E-state index contributed by atoms with van der Waals surface area (Å²) in [5.74, 6) is 3.11. The Morgan fingerprint density at radius 1 is 0.263 bits per heavy atom. The molecule has 0 N–H and O–H groups in total. The van der Waals surface area contributed by atoms with Crippen molar-refractivity contribution < 1.29 is 9.31 Å². The fourth-order valence-electron chi connectivity index (χ4n) is 17.8. The highest BCUT2D eigenvalue weighted by atomic mass is 35.5. The molecule has 5 aliphatic rings. The van der Waals surface area contributed by atoms with Gasteiger partial charge in [-0.2, -0.15) is 9.97 Å². The first-order valence-electron chi connectivity index (χ1n) is 39.6. The topological polar surface area (TPSA) is 122 Å². The fourth-order valence-corrected chi connectivity index (χ4v) is 20.4. The number of para-hydroxylation sites is 2. The molecular weight excluding hydrogens is 1500 g/mol. The van der Waals surface area contributed by atoms with Crippen molar-refractivity contribution in [2.75, 3.05) is 0 Å². The Balaban J connectivity index is 0.000000122. The molecule has 2 spiro atoms. The number of benzene rings is 14. The van der Waals surface area contributed by atoms with E-state index in [1.807, 2.05) is 145 Å². The summed E-state index contributed by atoms with van der Waals surface area (Å²) in [6.45, 7) is 8.47. The summed E-state index contributed by atoms with van der Waals surface area (Å²) in [4.78, 5) is 42.8. The molecule has 0 atom stereocenters. The second kappa shape index (κ2) is 29.3. The second-order valence-corrected chi connectivity index (χ2v) is 33.7. The molecule has 0 unspecified atom stereocenters. The van der Waals surface area contributed by atoms with Crippen molar-refractivity contribution >= 4 is 69.5 Å². The van der Waals surface area contributed by atoms with Crippen LogP contribution in [-0.2, 0) is 20.1 Å². The lowest BCUT2D eigenvalue weighted by atomic mass is 9.65. The van der Waals surface area contributed by atoms with Crippen molar-refractivity contribution in [2.45, 2.75) is 69.3 Å². The standard InChI is InChI=1S/C49H30N4S.C40H32BNO2S.C15H10ClN3/c1-3-13-32(14-4-1)46-51-47(33-15-5-2-6-16-33)53-48(52-46)35-25-27-38-37-26-24-34(36-19-11-17-31-18-12-28-50-45(31)36)29-41(37)49(42(38)30-35)39-20-7-9-22-43(39)54-44-23-10-8-21-40(44)49;1-38(2)39(3,4)44-41(43-38)27-19-21-30-29-20-18-26(28-13-9-11-25-12-10-22-42-37(25)28)23-33(29)40(34(30)24-27)31-14-5-7-16-35(31)45-36-17-8-6-15-32(36)40;16-15-18-13(11-7-3-1-4-8-11)17-14(19-15)12-9-5-2-6-10-12/h1-30H;5-24H,1-4H3;1-10H. The van der Waals surface area contributed by atoms with E-state index in [1.54, 1.807) is 0 Å². The molecule has 1 saturated heterocycles. The largest absolute Gasteiger partial charge is 0.494 e. The zero-order valence-corrected chi connectivity index (χ0v) is 67.2. The number of fused-ring (bicyclic) bond motifs is 20. The van der Waals surface area contributed by atoms with Crippen LogP contribution in [0.1, 0.15) is 72.2 Å². The minimum absolute atomic E-state index is 0.202. The van der Waals surface area contributed by atoms with Gasteiger partial charge in [0, 0.05) is 81.7 Å². The summed E-state index contributed by atoms with van der Waals surface area (Å²) >= 11 is 9.70. The SMILES string of the molecule is CC1(C)OB(c2ccc3c(c2)C2(c4ccccc4Sc4ccccc42)c2cc(-c4cccc5cccnc45)ccc2-3)OC1(C)C.Clc1nc(-c2ccccc2)nc(-c2ccccc2)n1.c1ccc(-c2nc(-c3ccccc3)nc(-c3ccc4c(c3)C3(c5ccccc5Sc5ccccc53)c3cc(-c5cccc6cccnc56)ccc3-4)n2)cc1. The van der Waals surface area contributed by atoms with Gasteiger partial charge in [0.05, 0.1) is 33.1 Å². The molecule has 10 nitrogen and oxygen atoms in total. The smallest absolute Gasteiger partial charge is 0.399 e. The average Bonchev–Trinajstić information content (AvgIpc) is 1.36. The van der Waals surface area contributed by atoms with Crippen molar-refractivity contribution in [1.82, 2.24) is 39.9 Å². The highest BCUT2D eigenvalue weighted by molar-refractivity contribution is 7.99. The first-order chi connectivity index (χ1) is 57.9. The third-order valence-corrected chi connectivity index (χ3v) is 26.4. The third kappa shape index (κ3) is 12.2. The number of nitrogens with zero attached hydrogens (tertiary/aromatic N) is 8. The Morgan fingerprint density at radius 2 is 0.568 bits per heavy atom. The summed E-state index contributed by atoms with van der Waals surface area (Å²) in [6.07, 6.45) is 3.77. The van der Waals surface area contributed by atoms with Gasteiger partial charge >= 0.3 is 7.12 Å². The fraction of sp³-hybridized carbons (Fsp3) is 0.0769. The van der Waals surface area contributed by atoms with Crippen molar-refractivity contribution in [1.29, 1.82) is 0 Å². The molecular formula is C104H72BClN8O2S2. The number of rotatable bonds is 8. The van der Waals surface area contributed by atoms with Crippen molar-refractivity contribution in [2.24, 2.45) is 0 Å². The van der Waals surface area contributed by atoms with Crippen LogP contribution in [0.3, 0.4) is 0 Å². The van der Waals surface area contributed by atoms with E-state index in [1.165, 1.54) is 91.9 Å². The monoisotopic (exact) mass is 1570 g/mol. The van der Waals surface area contributed by atoms with E-state index in [2.05, 4.69) is 285 Å². The van der Waals surface area contributed by atoms with Crippen LogP contribution in [0.4, 0.5) is 0 Å². The van der Waals surface area contributed by atoms with Crippen LogP contribution in [0.2, 0.25) is 5.28 Å². The highest BCUT2D eigenvalue weighted by Gasteiger charge is 2.55. The summed E-state index contributed by atoms with van der Waals surface area (Å²) in [5.41, 5.74) is 25.7. The van der Waals surface area contributed by atoms with Gasteiger partial charge in [-0.25, -0.2) is 19.9 Å². The van der Waals surface area contributed by atoms with Crippen LogP contribution in [0.25, 0.3) is 123 Å².